The van der Waals surface area contributed by atoms with Gasteiger partial charge in [-0.2, -0.15) is 0 Å². The van der Waals surface area contributed by atoms with Crippen LogP contribution in [0.5, 0.6) is 0 Å². The zero-order chi connectivity index (χ0) is 18.5. The molecule has 26 heavy (non-hydrogen) atoms. The Morgan fingerprint density at radius 1 is 1.08 bits per heavy atom. The molecule has 0 unspecified atom stereocenters. The molecule has 0 saturated carbocycles. The standard InChI is InChI=1S/C23H24ClNO/c1-3-25(4-2)16-21-12-10-18(23(21)24)13-14-22(26)20-11-9-17-7-5-6-8-19(17)15-20/h5-9,11,13-16H,3-4,10,12H2,1-2H3/b14-13+,21-16-. The first-order valence-electron chi connectivity index (χ1n) is 9.17. The van der Waals surface area contributed by atoms with Crippen molar-refractivity contribution >= 4 is 28.2 Å². The normalized spacial score (nSPS) is 16.2. The molecule has 3 heteroatoms. The largest absolute Gasteiger partial charge is 0.378 e. The van der Waals surface area contributed by atoms with Gasteiger partial charge < -0.3 is 4.90 Å². The quantitative estimate of drug-likeness (QED) is 0.456. The molecule has 134 valence electrons. The Hall–Kier alpha value is -2.32. The van der Waals surface area contributed by atoms with Crippen LogP contribution in [0.2, 0.25) is 0 Å². The van der Waals surface area contributed by atoms with E-state index in [-0.39, 0.29) is 5.78 Å². The van der Waals surface area contributed by atoms with Gasteiger partial charge >= 0.3 is 0 Å². The van der Waals surface area contributed by atoms with E-state index in [1.807, 2.05) is 48.5 Å². The molecule has 0 fully saturated rings. The third kappa shape index (κ3) is 4.08. The van der Waals surface area contributed by atoms with E-state index in [1.165, 1.54) is 0 Å². The molecule has 0 bridgehead atoms. The third-order valence-electron chi connectivity index (χ3n) is 4.85. The number of hydrogen-bond acceptors (Lipinski definition) is 2. The van der Waals surface area contributed by atoms with Gasteiger partial charge in [0.2, 0.25) is 0 Å². The van der Waals surface area contributed by atoms with Crippen molar-refractivity contribution in [2.24, 2.45) is 0 Å². The molecular weight excluding hydrogens is 342 g/mol. The van der Waals surface area contributed by atoms with Crippen LogP contribution in [0.25, 0.3) is 10.8 Å². The predicted octanol–water partition coefficient (Wildman–Crippen LogP) is 6.09. The second-order valence-electron chi connectivity index (χ2n) is 6.47. The van der Waals surface area contributed by atoms with E-state index in [0.717, 1.165) is 52.9 Å². The smallest absolute Gasteiger partial charge is 0.185 e. The molecule has 3 rings (SSSR count). The fraction of sp³-hybridized carbons (Fsp3) is 0.261. The number of carbonyl (C=O) groups is 1. The van der Waals surface area contributed by atoms with Crippen molar-refractivity contribution in [3.8, 4) is 0 Å². The Bertz CT molecular complexity index is 903. The van der Waals surface area contributed by atoms with Crippen molar-refractivity contribution in [3.05, 3.63) is 82.6 Å². The van der Waals surface area contributed by atoms with Crippen molar-refractivity contribution in [3.63, 3.8) is 0 Å². The zero-order valence-corrected chi connectivity index (χ0v) is 16.1. The van der Waals surface area contributed by atoms with Crippen LogP contribution in [0, 0.1) is 0 Å². The van der Waals surface area contributed by atoms with Gasteiger partial charge in [-0.3, -0.25) is 4.79 Å². The van der Waals surface area contributed by atoms with E-state index >= 15 is 0 Å². The predicted molar refractivity (Wildman–Crippen MR) is 111 cm³/mol. The molecule has 0 aliphatic heterocycles. The summed E-state index contributed by atoms with van der Waals surface area (Å²) in [5, 5.41) is 3.01. The number of rotatable bonds is 6. The van der Waals surface area contributed by atoms with E-state index in [1.54, 1.807) is 6.08 Å². The van der Waals surface area contributed by atoms with Crippen LogP contribution < -0.4 is 0 Å². The highest BCUT2D eigenvalue weighted by Crippen LogP contribution is 2.35. The summed E-state index contributed by atoms with van der Waals surface area (Å²) in [5.41, 5.74) is 2.90. The second-order valence-corrected chi connectivity index (χ2v) is 6.85. The first kappa shape index (κ1) is 18.5. The number of fused-ring (bicyclic) bond motifs is 1. The molecule has 1 aliphatic rings. The molecule has 0 N–H and O–H groups in total. The summed E-state index contributed by atoms with van der Waals surface area (Å²) in [6.07, 6.45) is 7.48. The Morgan fingerprint density at radius 2 is 1.81 bits per heavy atom. The molecule has 0 atom stereocenters. The lowest BCUT2D eigenvalue weighted by molar-refractivity contribution is 0.104. The van der Waals surface area contributed by atoms with Crippen LogP contribution in [-0.2, 0) is 0 Å². The highest BCUT2D eigenvalue weighted by molar-refractivity contribution is 6.33. The molecule has 2 aromatic carbocycles. The van der Waals surface area contributed by atoms with Crippen molar-refractivity contribution in [1.29, 1.82) is 0 Å². The zero-order valence-electron chi connectivity index (χ0n) is 15.3. The monoisotopic (exact) mass is 365 g/mol. The first-order valence-corrected chi connectivity index (χ1v) is 9.55. The van der Waals surface area contributed by atoms with E-state index in [4.69, 9.17) is 11.6 Å². The Labute approximate surface area is 160 Å². The highest BCUT2D eigenvalue weighted by atomic mass is 35.5. The van der Waals surface area contributed by atoms with Crippen LogP contribution in [0.1, 0.15) is 37.0 Å². The Kier molecular flexibility index (Phi) is 5.95. The molecule has 0 aromatic heterocycles. The third-order valence-corrected chi connectivity index (χ3v) is 5.33. The summed E-state index contributed by atoms with van der Waals surface area (Å²) < 4.78 is 0. The number of ketones is 1. The lowest BCUT2D eigenvalue weighted by Gasteiger charge is -2.16. The minimum Gasteiger partial charge on any atom is -0.378 e. The molecule has 0 spiro atoms. The van der Waals surface area contributed by atoms with Crippen LogP contribution in [-0.4, -0.2) is 23.8 Å². The van der Waals surface area contributed by atoms with Crippen molar-refractivity contribution in [2.75, 3.05) is 13.1 Å². The van der Waals surface area contributed by atoms with Gasteiger partial charge in [-0.1, -0.05) is 54.1 Å². The summed E-state index contributed by atoms with van der Waals surface area (Å²) in [5.74, 6) is 0.00823. The second kappa shape index (κ2) is 8.37. The van der Waals surface area contributed by atoms with Crippen LogP contribution >= 0.6 is 11.6 Å². The maximum atomic E-state index is 12.5. The summed E-state index contributed by atoms with van der Waals surface area (Å²) in [6, 6.07) is 13.9. The maximum absolute atomic E-state index is 12.5. The molecule has 0 amide bonds. The molecular formula is C23H24ClNO. The lowest BCUT2D eigenvalue weighted by Crippen LogP contribution is -2.16. The Morgan fingerprint density at radius 3 is 2.54 bits per heavy atom. The van der Waals surface area contributed by atoms with Gasteiger partial charge in [0.05, 0.1) is 0 Å². The van der Waals surface area contributed by atoms with Crippen molar-refractivity contribution in [1.82, 2.24) is 4.90 Å². The number of allylic oxidation sites excluding steroid dienone is 5. The minimum absolute atomic E-state index is 0.00823. The van der Waals surface area contributed by atoms with E-state index < -0.39 is 0 Å². The average molecular weight is 366 g/mol. The maximum Gasteiger partial charge on any atom is 0.185 e. The van der Waals surface area contributed by atoms with Gasteiger partial charge in [-0.25, -0.2) is 0 Å². The Balaban J connectivity index is 1.78. The molecule has 2 nitrogen and oxygen atoms in total. The first-order chi connectivity index (χ1) is 12.6. The molecule has 0 saturated heterocycles. The molecule has 2 aromatic rings. The number of carbonyl (C=O) groups excluding carboxylic acids is 1. The van der Waals surface area contributed by atoms with Gasteiger partial charge in [0, 0.05) is 29.9 Å². The van der Waals surface area contributed by atoms with Crippen LogP contribution in [0.4, 0.5) is 0 Å². The molecule has 0 radical (unpaired) electrons. The SMILES string of the molecule is CCN(/C=C1/CCC(/C=C/C(=O)c2ccc3ccccc3c2)=C1Cl)CC. The minimum atomic E-state index is 0.00823. The molecule has 1 aliphatic carbocycles. The van der Waals surface area contributed by atoms with E-state index in [0.29, 0.717) is 5.56 Å². The van der Waals surface area contributed by atoms with E-state index in [9.17, 15) is 4.79 Å². The summed E-state index contributed by atoms with van der Waals surface area (Å²) in [7, 11) is 0. The fourth-order valence-electron chi connectivity index (χ4n) is 3.21. The highest BCUT2D eigenvalue weighted by Gasteiger charge is 2.17. The number of halogens is 1. The van der Waals surface area contributed by atoms with Crippen LogP contribution in [0.3, 0.4) is 0 Å². The number of hydrogen-bond donors (Lipinski definition) is 0. The summed E-state index contributed by atoms with van der Waals surface area (Å²) in [6.45, 7) is 6.21. The summed E-state index contributed by atoms with van der Waals surface area (Å²) in [4.78, 5) is 14.8. The van der Waals surface area contributed by atoms with Gasteiger partial charge in [-0.05, 0) is 60.8 Å². The van der Waals surface area contributed by atoms with Gasteiger partial charge in [0.1, 0.15) is 0 Å². The fourth-order valence-corrected chi connectivity index (χ4v) is 3.52. The van der Waals surface area contributed by atoms with Crippen LogP contribution in [0.15, 0.2) is 77.0 Å². The number of nitrogens with zero attached hydrogens (tertiary/aromatic N) is 1. The van der Waals surface area contributed by atoms with Gasteiger partial charge in [0.25, 0.3) is 0 Å². The van der Waals surface area contributed by atoms with Gasteiger partial charge in [-0.15, -0.1) is 0 Å². The average Bonchev–Trinajstić information content (AvgIpc) is 3.03. The lowest BCUT2D eigenvalue weighted by atomic mass is 10.0. The van der Waals surface area contributed by atoms with Crippen molar-refractivity contribution in [2.45, 2.75) is 26.7 Å². The van der Waals surface area contributed by atoms with Crippen molar-refractivity contribution < 1.29 is 4.79 Å². The number of benzene rings is 2. The summed E-state index contributed by atoms with van der Waals surface area (Å²) >= 11 is 6.53. The van der Waals surface area contributed by atoms with E-state index in [2.05, 4.69) is 24.9 Å². The topological polar surface area (TPSA) is 20.3 Å². The van der Waals surface area contributed by atoms with Gasteiger partial charge in [0.15, 0.2) is 5.78 Å². The molecule has 0 heterocycles.